The molecule has 0 saturated heterocycles. The number of nitro benzene ring substituents is 1. The first-order chi connectivity index (χ1) is 12.9. The van der Waals surface area contributed by atoms with Gasteiger partial charge in [-0.2, -0.15) is 5.10 Å². The van der Waals surface area contributed by atoms with Crippen LogP contribution in [-0.2, 0) is 4.79 Å². The first-order valence-electron chi connectivity index (χ1n) is 8.53. The molecule has 0 spiro atoms. The summed E-state index contributed by atoms with van der Waals surface area (Å²) in [7, 11) is 0. The average molecular weight is 365 g/mol. The van der Waals surface area contributed by atoms with Gasteiger partial charge in [0.15, 0.2) is 5.78 Å². The smallest absolute Gasteiger partial charge is 0.270 e. The van der Waals surface area contributed by atoms with Crippen molar-refractivity contribution in [2.75, 3.05) is 5.43 Å². The third-order valence-electron chi connectivity index (χ3n) is 4.20. The quantitative estimate of drug-likeness (QED) is 0.376. The number of carbonyl (C=O) groups excluding carboxylic acids is 1. The number of nitro groups is 1. The molecule has 1 fully saturated rings. The number of nitrogens with zero attached hydrogens (tertiary/aromatic N) is 4. The number of hydrogen-bond acceptors (Lipinski definition) is 7. The van der Waals surface area contributed by atoms with Gasteiger partial charge >= 0.3 is 0 Å². The van der Waals surface area contributed by atoms with Crippen molar-refractivity contribution in [1.82, 2.24) is 9.97 Å². The highest BCUT2D eigenvalue weighted by Crippen LogP contribution is 2.28. The summed E-state index contributed by atoms with van der Waals surface area (Å²) in [5.41, 5.74) is 5.72. The largest absolute Gasteiger partial charge is 0.294 e. The minimum absolute atomic E-state index is 0.00514. The molecule has 0 aliphatic heterocycles. The molecule has 0 amide bonds. The van der Waals surface area contributed by atoms with Crippen molar-refractivity contribution in [2.24, 2.45) is 11.0 Å². The van der Waals surface area contributed by atoms with Crippen LogP contribution in [0.1, 0.15) is 29.8 Å². The molecular weight excluding hydrogens is 346 g/mol. The van der Waals surface area contributed by atoms with Crippen LogP contribution in [0.4, 0.5) is 11.6 Å². The molecule has 1 aromatic carbocycles. The molecule has 1 aliphatic carbocycles. The predicted octanol–water partition coefficient (Wildman–Crippen LogP) is 3.46. The molecule has 3 rings (SSSR count). The maximum atomic E-state index is 12.5. The van der Waals surface area contributed by atoms with Gasteiger partial charge < -0.3 is 0 Å². The molecule has 27 heavy (non-hydrogen) atoms. The molecule has 8 nitrogen and oxygen atoms in total. The standard InChI is InChI=1S/C19H19N5O3/c1-12-8-13(2)22-19(21-12)23-20-11-16-7-6-15(18(16)25)9-14-4-3-5-17(10-14)24(26)27/h3-5,8-11,16H,6-7H2,1-2H3,(H,21,22,23)/b15-9-,20-11-/t16-/m0/s1. The van der Waals surface area contributed by atoms with E-state index in [2.05, 4.69) is 20.5 Å². The van der Waals surface area contributed by atoms with Crippen molar-refractivity contribution in [3.63, 3.8) is 0 Å². The SMILES string of the molecule is Cc1cc(C)nc(N/N=C\[C@@H]2CC/C(=C/c3cccc([N+](=O)[O-])c3)C2=O)n1. The van der Waals surface area contributed by atoms with Crippen molar-refractivity contribution in [2.45, 2.75) is 26.7 Å². The maximum Gasteiger partial charge on any atom is 0.270 e. The van der Waals surface area contributed by atoms with Crippen LogP contribution in [0.25, 0.3) is 6.08 Å². The molecule has 0 radical (unpaired) electrons. The highest BCUT2D eigenvalue weighted by atomic mass is 16.6. The second-order valence-corrected chi connectivity index (χ2v) is 6.40. The molecule has 1 atom stereocenters. The van der Waals surface area contributed by atoms with Crippen LogP contribution in [0.3, 0.4) is 0 Å². The molecule has 138 valence electrons. The van der Waals surface area contributed by atoms with E-state index in [0.29, 0.717) is 29.9 Å². The number of hydrazone groups is 1. The van der Waals surface area contributed by atoms with E-state index >= 15 is 0 Å². The van der Waals surface area contributed by atoms with Crippen LogP contribution in [-0.4, -0.2) is 26.9 Å². The number of nitrogens with one attached hydrogen (secondary N) is 1. The van der Waals surface area contributed by atoms with E-state index < -0.39 is 4.92 Å². The average Bonchev–Trinajstić information content (AvgIpc) is 2.95. The third kappa shape index (κ3) is 4.60. The molecule has 1 N–H and O–H groups in total. The van der Waals surface area contributed by atoms with Gasteiger partial charge in [0.1, 0.15) is 0 Å². The number of benzene rings is 1. The van der Waals surface area contributed by atoms with E-state index in [1.165, 1.54) is 12.1 Å². The molecule has 8 heteroatoms. The monoisotopic (exact) mass is 365 g/mol. The Morgan fingerprint density at radius 2 is 2.00 bits per heavy atom. The van der Waals surface area contributed by atoms with Gasteiger partial charge in [0.25, 0.3) is 5.69 Å². The van der Waals surface area contributed by atoms with Gasteiger partial charge in [-0.1, -0.05) is 12.1 Å². The Bertz CT molecular complexity index is 932. The van der Waals surface area contributed by atoms with E-state index in [1.54, 1.807) is 24.4 Å². The van der Waals surface area contributed by atoms with Crippen molar-refractivity contribution in [3.05, 3.63) is 63.0 Å². The Balaban J connectivity index is 1.67. The lowest BCUT2D eigenvalue weighted by Gasteiger charge is -2.03. The van der Waals surface area contributed by atoms with Crippen LogP contribution in [0.5, 0.6) is 0 Å². The molecule has 0 bridgehead atoms. The molecule has 0 unspecified atom stereocenters. The van der Waals surface area contributed by atoms with Crippen molar-refractivity contribution in [3.8, 4) is 0 Å². The number of Topliss-reactive ketones (excluding diaryl/α,β-unsaturated/α-hetero) is 1. The number of rotatable bonds is 5. The molecule has 1 heterocycles. The van der Waals surface area contributed by atoms with Crippen molar-refractivity contribution >= 4 is 29.7 Å². The van der Waals surface area contributed by atoms with Gasteiger partial charge in [0, 0.05) is 29.7 Å². The summed E-state index contributed by atoms with van der Waals surface area (Å²) in [6, 6.07) is 8.10. The highest BCUT2D eigenvalue weighted by Gasteiger charge is 2.27. The highest BCUT2D eigenvalue weighted by molar-refractivity contribution is 6.10. The zero-order chi connectivity index (χ0) is 19.4. The maximum absolute atomic E-state index is 12.5. The Hall–Kier alpha value is -3.42. The number of aryl methyl sites for hydroxylation is 2. The molecule has 1 aromatic heterocycles. The number of carbonyl (C=O) groups is 1. The minimum Gasteiger partial charge on any atom is -0.294 e. The van der Waals surface area contributed by atoms with Crippen LogP contribution in [0.2, 0.25) is 0 Å². The number of aromatic nitrogens is 2. The van der Waals surface area contributed by atoms with Gasteiger partial charge in [-0.25, -0.2) is 15.4 Å². The summed E-state index contributed by atoms with van der Waals surface area (Å²) in [6.07, 6.45) is 4.54. The Morgan fingerprint density at radius 3 is 2.70 bits per heavy atom. The second kappa shape index (κ2) is 7.86. The van der Waals surface area contributed by atoms with Crippen molar-refractivity contribution < 1.29 is 9.72 Å². The normalized spacial score (nSPS) is 18.4. The molecule has 1 saturated carbocycles. The molecular formula is C19H19N5O3. The zero-order valence-electron chi connectivity index (χ0n) is 15.0. The van der Waals surface area contributed by atoms with Gasteiger partial charge in [0.2, 0.25) is 5.95 Å². The minimum atomic E-state index is -0.450. The Kier molecular flexibility index (Phi) is 5.35. The van der Waals surface area contributed by atoms with Crippen LogP contribution in [0.15, 0.2) is 41.0 Å². The van der Waals surface area contributed by atoms with Gasteiger partial charge in [-0.3, -0.25) is 14.9 Å². The van der Waals surface area contributed by atoms with Crippen LogP contribution >= 0.6 is 0 Å². The first-order valence-corrected chi connectivity index (χ1v) is 8.53. The van der Waals surface area contributed by atoms with E-state index in [9.17, 15) is 14.9 Å². The summed E-state index contributed by atoms with van der Waals surface area (Å²) in [5, 5.41) is 15.0. The fourth-order valence-electron chi connectivity index (χ4n) is 2.98. The van der Waals surface area contributed by atoms with E-state index in [-0.39, 0.29) is 17.4 Å². The number of allylic oxidation sites excluding steroid dienone is 1. The fourth-order valence-corrected chi connectivity index (χ4v) is 2.98. The molecule has 1 aliphatic rings. The lowest BCUT2D eigenvalue weighted by atomic mass is 10.1. The van der Waals surface area contributed by atoms with Crippen LogP contribution in [0, 0.1) is 29.9 Å². The Labute approximate surface area is 156 Å². The summed E-state index contributed by atoms with van der Waals surface area (Å²) >= 11 is 0. The van der Waals surface area contributed by atoms with Gasteiger partial charge in [-0.15, -0.1) is 0 Å². The predicted molar refractivity (Wildman–Crippen MR) is 102 cm³/mol. The summed E-state index contributed by atoms with van der Waals surface area (Å²) in [4.78, 5) is 31.4. The van der Waals surface area contributed by atoms with Crippen molar-refractivity contribution in [1.29, 1.82) is 0 Å². The first kappa shape index (κ1) is 18.4. The van der Waals surface area contributed by atoms with Crippen LogP contribution < -0.4 is 5.43 Å². The second-order valence-electron chi connectivity index (χ2n) is 6.40. The third-order valence-corrected chi connectivity index (χ3v) is 4.20. The fraction of sp³-hybridized carbons (Fsp3) is 0.263. The van der Waals surface area contributed by atoms with Gasteiger partial charge in [-0.05, 0) is 50.0 Å². The molecule has 2 aromatic rings. The Morgan fingerprint density at radius 1 is 1.26 bits per heavy atom. The summed E-state index contributed by atoms with van der Waals surface area (Å²) in [5.74, 6) is 0.0447. The number of ketones is 1. The van der Waals surface area contributed by atoms with E-state index in [0.717, 1.165) is 11.4 Å². The van der Waals surface area contributed by atoms with Gasteiger partial charge in [0.05, 0.1) is 10.8 Å². The zero-order valence-corrected chi connectivity index (χ0v) is 15.0. The van der Waals surface area contributed by atoms with E-state index in [4.69, 9.17) is 0 Å². The summed E-state index contributed by atoms with van der Waals surface area (Å²) < 4.78 is 0. The van der Waals surface area contributed by atoms with E-state index in [1.807, 2.05) is 19.9 Å². The summed E-state index contributed by atoms with van der Waals surface area (Å²) in [6.45, 7) is 3.74. The number of anilines is 1. The number of non-ortho nitro benzene ring substituents is 1. The topological polar surface area (TPSA) is 110 Å². The lowest BCUT2D eigenvalue weighted by Crippen LogP contribution is -2.10. The lowest BCUT2D eigenvalue weighted by molar-refractivity contribution is -0.384. The number of hydrogen-bond donors (Lipinski definition) is 1.